The number of sulfone groups is 1. The minimum Gasteiger partial charge on any atom is -0.385 e. The molecule has 8 nitrogen and oxygen atoms in total. The molecule has 1 aromatic heterocycles. The summed E-state index contributed by atoms with van der Waals surface area (Å²) >= 11 is 5.97. The van der Waals surface area contributed by atoms with Gasteiger partial charge in [0.25, 0.3) is 5.91 Å². The average molecular weight is 381 g/mol. The summed E-state index contributed by atoms with van der Waals surface area (Å²) in [6.07, 6.45) is 1.10. The van der Waals surface area contributed by atoms with Crippen molar-refractivity contribution in [1.29, 1.82) is 0 Å². The first kappa shape index (κ1) is 17.2. The van der Waals surface area contributed by atoms with Gasteiger partial charge < -0.3 is 10.2 Å². The lowest BCUT2D eigenvalue weighted by molar-refractivity contribution is -0.121. The number of amides is 1. The Kier molecular flexibility index (Phi) is 4.60. The van der Waals surface area contributed by atoms with E-state index in [0.29, 0.717) is 21.7 Å². The fourth-order valence-electron chi connectivity index (χ4n) is 2.07. The molecule has 2 aromatic carbocycles. The van der Waals surface area contributed by atoms with Crippen LogP contribution in [0.25, 0.3) is 11.0 Å². The zero-order valence-electron chi connectivity index (χ0n) is 13.0. The van der Waals surface area contributed by atoms with E-state index >= 15 is 0 Å². The Hall–Kier alpha value is -2.65. The van der Waals surface area contributed by atoms with E-state index in [4.69, 9.17) is 16.4 Å². The molecule has 0 bridgehead atoms. The number of para-hydroxylation sites is 1. The second kappa shape index (κ2) is 6.69. The number of halogens is 1. The number of aromatic nitrogens is 3. The number of fused-ring (bicyclic) bond motifs is 1. The van der Waals surface area contributed by atoms with E-state index in [0.717, 1.165) is 11.1 Å². The Balaban J connectivity index is 1.75. The maximum atomic E-state index is 12.0. The van der Waals surface area contributed by atoms with E-state index in [1.165, 1.54) is 18.2 Å². The van der Waals surface area contributed by atoms with Gasteiger partial charge in [-0.2, -0.15) is 0 Å². The van der Waals surface area contributed by atoms with Crippen LogP contribution in [0, 0.1) is 0 Å². The van der Waals surface area contributed by atoms with Gasteiger partial charge in [-0.25, -0.2) is 8.42 Å². The molecule has 0 aliphatic carbocycles. The highest BCUT2D eigenvalue weighted by molar-refractivity contribution is 7.90. The largest absolute Gasteiger partial charge is 0.385 e. The molecule has 0 aliphatic rings. The molecule has 25 heavy (non-hydrogen) atoms. The van der Waals surface area contributed by atoms with Crippen LogP contribution in [0.3, 0.4) is 0 Å². The Labute approximate surface area is 148 Å². The number of hydrogen-bond donors (Lipinski definition) is 1. The minimum absolute atomic E-state index is 0.104. The highest BCUT2D eigenvalue weighted by Crippen LogP contribution is 2.20. The van der Waals surface area contributed by atoms with Gasteiger partial charge in [0.2, 0.25) is 0 Å². The summed E-state index contributed by atoms with van der Waals surface area (Å²) in [7, 11) is -3.38. The maximum absolute atomic E-state index is 12.0. The van der Waals surface area contributed by atoms with Gasteiger partial charge in [-0.05, 0) is 35.5 Å². The monoisotopic (exact) mass is 380 g/mol. The molecule has 1 N–H and O–H groups in total. The first-order valence-corrected chi connectivity index (χ1v) is 9.35. The maximum Gasteiger partial charge on any atom is 0.265 e. The summed E-state index contributed by atoms with van der Waals surface area (Å²) in [4.78, 5) is 18.4. The van der Waals surface area contributed by atoms with Crippen LogP contribution < -0.4 is 10.2 Å². The number of carbonyl (C=O) groups excluding carboxylic acids is 1. The zero-order valence-corrected chi connectivity index (χ0v) is 14.6. The number of nitrogens with one attached hydrogen (secondary N) is 1. The van der Waals surface area contributed by atoms with E-state index in [-0.39, 0.29) is 11.5 Å². The second-order valence-corrected chi connectivity index (χ2v) is 7.61. The van der Waals surface area contributed by atoms with Crippen LogP contribution in [-0.2, 0) is 14.6 Å². The fourth-order valence-corrected chi connectivity index (χ4v) is 2.90. The molecule has 0 radical (unpaired) electrons. The summed E-state index contributed by atoms with van der Waals surface area (Å²) in [6.45, 7) is -0.354. The van der Waals surface area contributed by atoms with Crippen molar-refractivity contribution < 1.29 is 18.0 Å². The summed E-state index contributed by atoms with van der Waals surface area (Å²) in [5.74, 6) is -0.448. The van der Waals surface area contributed by atoms with Crippen molar-refractivity contribution in [1.82, 2.24) is 15.2 Å². The summed E-state index contributed by atoms with van der Waals surface area (Å²) < 4.78 is 23.3. The highest BCUT2D eigenvalue weighted by Gasteiger charge is 2.13. The van der Waals surface area contributed by atoms with Gasteiger partial charge >= 0.3 is 0 Å². The molecular weight excluding hydrogens is 368 g/mol. The third-order valence-corrected chi connectivity index (χ3v) is 4.72. The van der Waals surface area contributed by atoms with Crippen molar-refractivity contribution in [3.05, 3.63) is 47.5 Å². The molecular formula is C15H13ClN4O4S. The van der Waals surface area contributed by atoms with E-state index in [9.17, 15) is 13.2 Å². The normalized spacial score (nSPS) is 11.4. The van der Waals surface area contributed by atoms with Crippen LogP contribution in [-0.4, -0.2) is 42.3 Å². The topological polar surface area (TPSA) is 103 Å². The molecule has 0 atom stereocenters. The van der Waals surface area contributed by atoms with Crippen molar-refractivity contribution in [2.75, 3.05) is 18.2 Å². The van der Waals surface area contributed by atoms with Gasteiger partial charge in [0.1, 0.15) is 11.0 Å². The Morgan fingerprint density at radius 2 is 2.04 bits per heavy atom. The van der Waals surface area contributed by atoms with Gasteiger partial charge in [-0.15, -0.1) is 5.10 Å². The molecule has 0 spiro atoms. The number of benzene rings is 2. The van der Waals surface area contributed by atoms with Gasteiger partial charge in [0.05, 0.1) is 15.6 Å². The van der Waals surface area contributed by atoms with Crippen molar-refractivity contribution in [2.45, 2.75) is 4.90 Å². The molecule has 130 valence electrons. The van der Waals surface area contributed by atoms with Crippen LogP contribution in [0.2, 0.25) is 5.02 Å². The van der Waals surface area contributed by atoms with Gasteiger partial charge in [-0.3, -0.25) is 4.79 Å². The Morgan fingerprint density at radius 3 is 2.76 bits per heavy atom. The molecule has 1 heterocycles. The number of nitrogens with zero attached hydrogens (tertiary/aromatic N) is 3. The summed E-state index contributed by atoms with van der Waals surface area (Å²) in [6, 6.07) is 11.1. The van der Waals surface area contributed by atoms with E-state index in [2.05, 4.69) is 15.6 Å². The molecule has 0 fully saturated rings. The molecule has 0 saturated heterocycles. The standard InChI is InChI=1S/C15H13ClN4O4S/c1-25(22,23)10-6-7-13-14(8-10)20(19-18-13)24-9-15(21)17-12-5-3-2-4-11(12)16/h2-8H,9H2,1H3,(H,17,21). The zero-order chi connectivity index (χ0) is 18.0. The van der Waals surface area contributed by atoms with Crippen LogP contribution in [0.5, 0.6) is 0 Å². The smallest absolute Gasteiger partial charge is 0.265 e. The van der Waals surface area contributed by atoms with Crippen molar-refractivity contribution in [3.8, 4) is 0 Å². The van der Waals surface area contributed by atoms with Crippen molar-refractivity contribution in [3.63, 3.8) is 0 Å². The molecule has 0 saturated carbocycles. The number of anilines is 1. The number of carbonyl (C=O) groups is 1. The number of hydrogen-bond acceptors (Lipinski definition) is 6. The third kappa shape index (κ3) is 3.89. The van der Waals surface area contributed by atoms with Crippen molar-refractivity contribution in [2.24, 2.45) is 0 Å². The molecule has 0 unspecified atom stereocenters. The summed E-state index contributed by atoms with van der Waals surface area (Å²) in [5.41, 5.74) is 1.24. The van der Waals surface area contributed by atoms with E-state index < -0.39 is 15.7 Å². The molecule has 1 amide bonds. The van der Waals surface area contributed by atoms with E-state index in [1.807, 2.05) is 0 Å². The van der Waals surface area contributed by atoms with Gasteiger partial charge in [0.15, 0.2) is 16.4 Å². The summed E-state index contributed by atoms with van der Waals surface area (Å²) in [5, 5.41) is 10.6. The lowest BCUT2D eigenvalue weighted by Crippen LogP contribution is -2.26. The highest BCUT2D eigenvalue weighted by atomic mass is 35.5. The SMILES string of the molecule is CS(=O)(=O)c1ccc2nnn(OCC(=O)Nc3ccccc3Cl)c2c1. The lowest BCUT2D eigenvalue weighted by atomic mass is 10.3. The van der Waals surface area contributed by atoms with Gasteiger partial charge in [-0.1, -0.05) is 28.6 Å². The number of rotatable bonds is 5. The molecule has 3 rings (SSSR count). The van der Waals surface area contributed by atoms with Crippen LogP contribution in [0.1, 0.15) is 0 Å². The first-order valence-electron chi connectivity index (χ1n) is 7.08. The third-order valence-electron chi connectivity index (χ3n) is 3.28. The first-order chi connectivity index (χ1) is 11.8. The average Bonchev–Trinajstić information content (AvgIpc) is 2.96. The predicted octanol–water partition coefficient (Wildman–Crippen LogP) is 1.56. The molecule has 0 aliphatic heterocycles. The van der Waals surface area contributed by atoms with Gasteiger partial charge in [0, 0.05) is 6.26 Å². The van der Waals surface area contributed by atoms with Crippen molar-refractivity contribution >= 4 is 44.1 Å². The molecule has 3 aromatic rings. The lowest BCUT2D eigenvalue weighted by Gasteiger charge is -2.08. The van der Waals surface area contributed by atoms with Crippen LogP contribution in [0.15, 0.2) is 47.4 Å². The quantitative estimate of drug-likeness (QED) is 0.720. The fraction of sp³-hybridized carbons (Fsp3) is 0.133. The van der Waals surface area contributed by atoms with Crippen LogP contribution in [0.4, 0.5) is 5.69 Å². The van der Waals surface area contributed by atoms with E-state index in [1.54, 1.807) is 24.3 Å². The predicted molar refractivity (Wildman–Crippen MR) is 92.2 cm³/mol. The van der Waals surface area contributed by atoms with Crippen LogP contribution >= 0.6 is 11.6 Å². The molecule has 10 heteroatoms. The second-order valence-electron chi connectivity index (χ2n) is 5.19. The minimum atomic E-state index is -3.38. The Morgan fingerprint density at radius 1 is 1.28 bits per heavy atom. The Bertz CT molecular complexity index is 1050.